The van der Waals surface area contributed by atoms with E-state index in [4.69, 9.17) is 14.2 Å². The highest BCUT2D eigenvalue weighted by atomic mass is 16.5. The highest BCUT2D eigenvalue weighted by Crippen LogP contribution is 2.19. The van der Waals surface area contributed by atoms with Gasteiger partial charge in [-0.2, -0.15) is 0 Å². The molecule has 0 bridgehead atoms. The van der Waals surface area contributed by atoms with Crippen molar-refractivity contribution in [1.29, 1.82) is 0 Å². The molecule has 0 unspecified atom stereocenters. The van der Waals surface area contributed by atoms with Crippen LogP contribution in [0.2, 0.25) is 0 Å². The monoisotopic (exact) mass is 378 g/mol. The Morgan fingerprint density at radius 1 is 1.15 bits per heavy atom. The maximum absolute atomic E-state index is 6.01. The number of aliphatic imine (C=N–C) groups is 1. The zero-order chi connectivity index (χ0) is 19.2. The lowest BCUT2D eigenvalue weighted by molar-refractivity contribution is 0.0468. The van der Waals surface area contributed by atoms with E-state index >= 15 is 0 Å². The Bertz CT molecular complexity index is 546. The molecule has 0 spiro atoms. The van der Waals surface area contributed by atoms with Gasteiger partial charge in [0.05, 0.1) is 19.3 Å². The molecule has 0 atom stereocenters. The zero-order valence-electron chi connectivity index (χ0n) is 16.7. The predicted octanol–water partition coefficient (Wildman–Crippen LogP) is 2.51. The highest BCUT2D eigenvalue weighted by Gasteiger charge is 2.12. The summed E-state index contributed by atoms with van der Waals surface area (Å²) < 4.78 is 16.7. The molecule has 1 aliphatic carbocycles. The summed E-state index contributed by atoms with van der Waals surface area (Å²) in [4.78, 5) is 8.56. The standard InChI is InChI=1S/C20H34N4O3/c1-21-20(23-12-13-26-18-9-5-3-4-6-10-18)24-16-17-8-7-11-22-19(17)27-15-14-25-2/h7-8,11,18H,3-6,9-10,12-16H2,1-2H3,(H2,21,23,24). The van der Waals surface area contributed by atoms with E-state index in [1.54, 1.807) is 20.4 Å². The molecule has 1 aromatic heterocycles. The summed E-state index contributed by atoms with van der Waals surface area (Å²) in [5, 5.41) is 6.60. The van der Waals surface area contributed by atoms with Gasteiger partial charge in [-0.05, 0) is 18.9 Å². The first-order chi connectivity index (χ1) is 13.3. The van der Waals surface area contributed by atoms with Crippen LogP contribution in [-0.4, -0.2) is 57.6 Å². The fourth-order valence-corrected chi connectivity index (χ4v) is 3.11. The van der Waals surface area contributed by atoms with Crippen LogP contribution in [0.4, 0.5) is 0 Å². The molecule has 2 N–H and O–H groups in total. The van der Waals surface area contributed by atoms with Crippen LogP contribution >= 0.6 is 0 Å². The maximum Gasteiger partial charge on any atom is 0.218 e. The first-order valence-electron chi connectivity index (χ1n) is 9.95. The molecule has 152 valence electrons. The summed E-state index contributed by atoms with van der Waals surface area (Å²) in [6.45, 7) is 3.03. The lowest BCUT2D eigenvalue weighted by Gasteiger charge is -2.17. The van der Waals surface area contributed by atoms with Crippen molar-refractivity contribution >= 4 is 5.96 Å². The minimum Gasteiger partial charge on any atom is -0.475 e. The maximum atomic E-state index is 6.01. The van der Waals surface area contributed by atoms with Gasteiger partial charge in [-0.15, -0.1) is 0 Å². The molecule has 1 aliphatic rings. The van der Waals surface area contributed by atoms with Crippen LogP contribution in [0.3, 0.4) is 0 Å². The number of ether oxygens (including phenoxy) is 3. The van der Waals surface area contributed by atoms with Gasteiger partial charge < -0.3 is 24.8 Å². The first-order valence-corrected chi connectivity index (χ1v) is 9.95. The fourth-order valence-electron chi connectivity index (χ4n) is 3.11. The summed E-state index contributed by atoms with van der Waals surface area (Å²) in [6, 6.07) is 3.89. The van der Waals surface area contributed by atoms with E-state index in [2.05, 4.69) is 20.6 Å². The topological polar surface area (TPSA) is 77.0 Å². The van der Waals surface area contributed by atoms with Gasteiger partial charge in [0.15, 0.2) is 5.96 Å². The van der Waals surface area contributed by atoms with Crippen molar-refractivity contribution in [3.8, 4) is 5.88 Å². The van der Waals surface area contributed by atoms with E-state index in [9.17, 15) is 0 Å². The third-order valence-corrected chi connectivity index (χ3v) is 4.60. The van der Waals surface area contributed by atoms with E-state index < -0.39 is 0 Å². The van der Waals surface area contributed by atoms with E-state index in [0.29, 0.717) is 38.3 Å². The molecule has 1 saturated carbocycles. The molecule has 2 rings (SSSR count). The quantitative estimate of drug-likeness (QED) is 0.282. The van der Waals surface area contributed by atoms with Crippen LogP contribution in [-0.2, 0) is 16.0 Å². The number of guanidine groups is 1. The molecule has 7 heteroatoms. The molecule has 0 radical (unpaired) electrons. The molecule has 27 heavy (non-hydrogen) atoms. The fraction of sp³-hybridized carbons (Fsp3) is 0.700. The SMILES string of the molecule is CN=C(NCCOC1CCCCCC1)NCc1cccnc1OCCOC. The molecule has 1 fully saturated rings. The van der Waals surface area contributed by atoms with E-state index in [1.807, 2.05) is 12.1 Å². The van der Waals surface area contributed by atoms with Gasteiger partial charge in [0.25, 0.3) is 0 Å². The number of methoxy groups -OCH3 is 1. The lowest BCUT2D eigenvalue weighted by atomic mass is 10.1. The second-order valence-corrected chi connectivity index (χ2v) is 6.65. The van der Waals surface area contributed by atoms with Crippen molar-refractivity contribution in [2.75, 3.05) is 40.5 Å². The molecular formula is C20H34N4O3. The number of hydrogen-bond donors (Lipinski definition) is 2. The summed E-state index contributed by atoms with van der Waals surface area (Å²) >= 11 is 0. The van der Waals surface area contributed by atoms with Gasteiger partial charge in [0.1, 0.15) is 6.61 Å². The van der Waals surface area contributed by atoms with Crippen LogP contribution in [0.25, 0.3) is 0 Å². The second-order valence-electron chi connectivity index (χ2n) is 6.65. The Hall–Kier alpha value is -1.86. The minimum atomic E-state index is 0.423. The normalized spacial score (nSPS) is 16.0. The van der Waals surface area contributed by atoms with Crippen LogP contribution in [0.5, 0.6) is 5.88 Å². The van der Waals surface area contributed by atoms with E-state index in [1.165, 1.54) is 38.5 Å². The van der Waals surface area contributed by atoms with Gasteiger partial charge in [0.2, 0.25) is 5.88 Å². The number of aromatic nitrogens is 1. The Labute approximate surface area is 162 Å². The number of rotatable bonds is 10. The van der Waals surface area contributed by atoms with Crippen molar-refractivity contribution in [2.45, 2.75) is 51.2 Å². The summed E-state index contributed by atoms with van der Waals surface area (Å²) in [5.74, 6) is 1.36. The van der Waals surface area contributed by atoms with Gasteiger partial charge in [-0.3, -0.25) is 4.99 Å². The molecule has 0 aromatic carbocycles. The van der Waals surface area contributed by atoms with Crippen LogP contribution in [0, 0.1) is 0 Å². The van der Waals surface area contributed by atoms with E-state index in [0.717, 1.165) is 18.1 Å². The summed E-state index contributed by atoms with van der Waals surface area (Å²) in [6.07, 6.45) is 9.82. The number of nitrogens with zero attached hydrogens (tertiary/aromatic N) is 2. The molecule has 0 aliphatic heterocycles. The lowest BCUT2D eigenvalue weighted by Crippen LogP contribution is -2.39. The van der Waals surface area contributed by atoms with Crippen LogP contribution < -0.4 is 15.4 Å². The smallest absolute Gasteiger partial charge is 0.218 e. The average Bonchev–Trinajstić information content (AvgIpc) is 2.97. The van der Waals surface area contributed by atoms with Gasteiger partial charge in [-0.1, -0.05) is 31.7 Å². The largest absolute Gasteiger partial charge is 0.475 e. The minimum absolute atomic E-state index is 0.423. The summed E-state index contributed by atoms with van der Waals surface area (Å²) in [5.41, 5.74) is 0.978. The second kappa shape index (κ2) is 13.3. The predicted molar refractivity (Wildman–Crippen MR) is 107 cm³/mol. The molecule has 1 aromatic rings. The molecule has 0 amide bonds. The van der Waals surface area contributed by atoms with Crippen molar-refractivity contribution in [3.05, 3.63) is 23.9 Å². The first kappa shape index (κ1) is 21.4. The third kappa shape index (κ3) is 8.58. The summed E-state index contributed by atoms with van der Waals surface area (Å²) in [7, 11) is 3.42. The average molecular weight is 379 g/mol. The van der Waals surface area contributed by atoms with Crippen LogP contribution in [0.1, 0.15) is 44.1 Å². The van der Waals surface area contributed by atoms with E-state index in [-0.39, 0.29) is 0 Å². The van der Waals surface area contributed by atoms with Crippen molar-refractivity contribution in [1.82, 2.24) is 15.6 Å². The third-order valence-electron chi connectivity index (χ3n) is 4.60. The van der Waals surface area contributed by atoms with Crippen molar-refractivity contribution in [2.24, 2.45) is 4.99 Å². The zero-order valence-corrected chi connectivity index (χ0v) is 16.7. The molecule has 7 nitrogen and oxygen atoms in total. The van der Waals surface area contributed by atoms with Gasteiger partial charge in [0, 0.05) is 39.0 Å². The molecule has 0 saturated heterocycles. The molecular weight excluding hydrogens is 344 g/mol. The Kier molecular flexibility index (Phi) is 10.6. The van der Waals surface area contributed by atoms with Gasteiger partial charge in [-0.25, -0.2) is 4.98 Å². The number of hydrogen-bond acceptors (Lipinski definition) is 5. The van der Waals surface area contributed by atoms with Gasteiger partial charge >= 0.3 is 0 Å². The van der Waals surface area contributed by atoms with Crippen molar-refractivity contribution < 1.29 is 14.2 Å². The van der Waals surface area contributed by atoms with Crippen molar-refractivity contribution in [3.63, 3.8) is 0 Å². The number of pyridine rings is 1. The highest BCUT2D eigenvalue weighted by molar-refractivity contribution is 5.79. The number of nitrogens with one attached hydrogen (secondary N) is 2. The Morgan fingerprint density at radius 3 is 2.70 bits per heavy atom. The Morgan fingerprint density at radius 2 is 1.96 bits per heavy atom. The molecule has 1 heterocycles. The Balaban J connectivity index is 1.69. The van der Waals surface area contributed by atoms with Crippen LogP contribution in [0.15, 0.2) is 23.3 Å².